The van der Waals surface area contributed by atoms with E-state index in [1.165, 1.54) is 37.8 Å². The summed E-state index contributed by atoms with van der Waals surface area (Å²) in [5.41, 5.74) is 2.47. The third-order valence-corrected chi connectivity index (χ3v) is 8.88. The van der Waals surface area contributed by atoms with Gasteiger partial charge in [0.05, 0.1) is 23.7 Å². The Labute approximate surface area is 230 Å². The summed E-state index contributed by atoms with van der Waals surface area (Å²) in [7, 11) is -2.53. The first-order valence-electron chi connectivity index (χ1n) is 12.7. The van der Waals surface area contributed by atoms with Crippen molar-refractivity contribution in [3.8, 4) is 5.75 Å². The van der Waals surface area contributed by atoms with Crippen LogP contribution in [0.2, 0.25) is 5.02 Å². The lowest BCUT2D eigenvalue weighted by Gasteiger charge is -2.33. The van der Waals surface area contributed by atoms with Crippen LogP contribution >= 0.6 is 11.6 Å². The van der Waals surface area contributed by atoms with Gasteiger partial charge in [0.25, 0.3) is 10.0 Å². The smallest absolute Gasteiger partial charge is 0.264 e. The van der Waals surface area contributed by atoms with E-state index in [1.807, 2.05) is 19.1 Å². The number of benzene rings is 3. The minimum absolute atomic E-state index is 0.0525. The van der Waals surface area contributed by atoms with Crippen LogP contribution in [-0.4, -0.2) is 41.1 Å². The highest BCUT2D eigenvalue weighted by molar-refractivity contribution is 7.92. The maximum absolute atomic E-state index is 13.6. The molecule has 0 aliphatic carbocycles. The third-order valence-electron chi connectivity index (χ3n) is 6.84. The third kappa shape index (κ3) is 6.60. The first-order valence-corrected chi connectivity index (χ1v) is 14.6. The molecule has 2 unspecified atom stereocenters. The maximum atomic E-state index is 13.6. The number of amides is 1. The quantitative estimate of drug-likeness (QED) is 0.369. The number of hydrogen-bond acceptors (Lipinski definition) is 5. The SMILES string of the molecule is COc1ccc(S(=O)(=O)N(CC(=O)NC(C)c2ccc(N3CCCC(C)C3)cc2)c2ccc(Cl)cc2)cc1. The zero-order valence-corrected chi connectivity index (χ0v) is 23.5. The number of carbonyl (C=O) groups is 1. The molecule has 1 N–H and O–H groups in total. The Bertz CT molecular complexity index is 1330. The van der Waals surface area contributed by atoms with Crippen molar-refractivity contribution < 1.29 is 17.9 Å². The number of nitrogens with zero attached hydrogens (tertiary/aromatic N) is 2. The normalized spacial score (nSPS) is 16.5. The second kappa shape index (κ2) is 12.1. The van der Waals surface area contributed by atoms with Gasteiger partial charge in [-0.15, -0.1) is 0 Å². The largest absolute Gasteiger partial charge is 0.497 e. The molecule has 0 radical (unpaired) electrons. The molecule has 38 heavy (non-hydrogen) atoms. The molecule has 1 amide bonds. The molecule has 4 rings (SSSR count). The summed E-state index contributed by atoms with van der Waals surface area (Å²) in [6, 6.07) is 20.3. The summed E-state index contributed by atoms with van der Waals surface area (Å²) in [5.74, 6) is 0.798. The topological polar surface area (TPSA) is 79.0 Å². The summed E-state index contributed by atoms with van der Waals surface area (Å²) in [4.78, 5) is 15.6. The number of sulfonamides is 1. The van der Waals surface area contributed by atoms with Crippen LogP contribution in [0.1, 0.15) is 38.3 Å². The van der Waals surface area contributed by atoms with E-state index in [4.69, 9.17) is 16.3 Å². The number of halogens is 1. The first-order chi connectivity index (χ1) is 18.2. The van der Waals surface area contributed by atoms with Crippen LogP contribution in [0.3, 0.4) is 0 Å². The van der Waals surface area contributed by atoms with Crippen molar-refractivity contribution in [2.24, 2.45) is 5.92 Å². The number of anilines is 2. The Morgan fingerprint density at radius 2 is 1.74 bits per heavy atom. The van der Waals surface area contributed by atoms with Crippen molar-refractivity contribution in [1.82, 2.24) is 5.32 Å². The average molecular weight is 556 g/mol. The number of nitrogens with one attached hydrogen (secondary N) is 1. The van der Waals surface area contributed by atoms with Gasteiger partial charge in [-0.2, -0.15) is 0 Å². The second-order valence-electron chi connectivity index (χ2n) is 9.74. The molecule has 1 aliphatic heterocycles. The number of piperidine rings is 1. The number of methoxy groups -OCH3 is 1. The van der Waals surface area contributed by atoms with Gasteiger partial charge in [-0.25, -0.2) is 8.42 Å². The van der Waals surface area contributed by atoms with Crippen molar-refractivity contribution in [3.05, 3.63) is 83.4 Å². The lowest BCUT2D eigenvalue weighted by Crippen LogP contribution is -2.41. The molecule has 1 aliphatic rings. The average Bonchev–Trinajstić information content (AvgIpc) is 2.92. The van der Waals surface area contributed by atoms with E-state index in [0.29, 0.717) is 22.4 Å². The van der Waals surface area contributed by atoms with Gasteiger partial charge in [0.15, 0.2) is 0 Å². The van der Waals surface area contributed by atoms with E-state index in [1.54, 1.807) is 36.4 Å². The van der Waals surface area contributed by atoms with Gasteiger partial charge in [-0.05, 0) is 91.9 Å². The van der Waals surface area contributed by atoms with E-state index in [9.17, 15) is 13.2 Å². The monoisotopic (exact) mass is 555 g/mol. The van der Waals surface area contributed by atoms with Crippen molar-refractivity contribution in [3.63, 3.8) is 0 Å². The summed E-state index contributed by atoms with van der Waals surface area (Å²) in [5, 5.41) is 3.42. The van der Waals surface area contributed by atoms with Gasteiger partial charge >= 0.3 is 0 Å². The van der Waals surface area contributed by atoms with E-state index < -0.39 is 15.9 Å². The zero-order valence-electron chi connectivity index (χ0n) is 21.9. The predicted octanol–water partition coefficient (Wildman–Crippen LogP) is 5.66. The van der Waals surface area contributed by atoms with Gasteiger partial charge in [0.1, 0.15) is 12.3 Å². The van der Waals surface area contributed by atoms with Crippen molar-refractivity contribution >= 4 is 38.9 Å². The van der Waals surface area contributed by atoms with Gasteiger partial charge in [-0.3, -0.25) is 9.10 Å². The molecule has 0 aromatic heterocycles. The molecule has 3 aromatic rings. The molecule has 0 saturated carbocycles. The summed E-state index contributed by atoms with van der Waals surface area (Å²) >= 11 is 6.03. The molecular formula is C29H34ClN3O4S. The van der Waals surface area contributed by atoms with Gasteiger partial charge in [0, 0.05) is 23.8 Å². The number of rotatable bonds is 9. The van der Waals surface area contributed by atoms with E-state index in [2.05, 4.69) is 29.3 Å². The molecule has 1 saturated heterocycles. The van der Waals surface area contributed by atoms with Crippen molar-refractivity contribution in [2.45, 2.75) is 37.6 Å². The highest BCUT2D eigenvalue weighted by Crippen LogP contribution is 2.27. The van der Waals surface area contributed by atoms with Gasteiger partial charge < -0.3 is 15.0 Å². The molecular weight excluding hydrogens is 522 g/mol. The standard InChI is InChI=1S/C29H34ClN3O4S/c1-21-5-4-18-32(19-21)25-10-6-23(7-11-25)22(2)31-29(34)20-33(26-12-8-24(30)9-13-26)38(35,36)28-16-14-27(37-3)15-17-28/h6-17,21-22H,4-5,18-20H2,1-3H3,(H,31,34). The van der Waals surface area contributed by atoms with Crippen LogP contribution in [0.25, 0.3) is 0 Å². The lowest BCUT2D eigenvalue weighted by atomic mass is 9.99. The highest BCUT2D eigenvalue weighted by atomic mass is 35.5. The molecule has 0 bridgehead atoms. The molecule has 1 fully saturated rings. The summed E-state index contributed by atoms with van der Waals surface area (Å²) in [6.07, 6.45) is 2.46. The van der Waals surface area contributed by atoms with Crippen molar-refractivity contribution in [2.75, 3.05) is 35.9 Å². The Kier molecular flexibility index (Phi) is 8.84. The van der Waals surface area contributed by atoms with Crippen LogP contribution < -0.4 is 19.3 Å². The fraction of sp³-hybridized carbons (Fsp3) is 0.345. The number of ether oxygens (including phenoxy) is 1. The minimum Gasteiger partial charge on any atom is -0.497 e. The lowest BCUT2D eigenvalue weighted by molar-refractivity contribution is -0.120. The molecule has 1 heterocycles. The van der Waals surface area contributed by atoms with Crippen LogP contribution in [0.15, 0.2) is 77.7 Å². The molecule has 2 atom stereocenters. The van der Waals surface area contributed by atoms with Crippen LogP contribution in [-0.2, 0) is 14.8 Å². The van der Waals surface area contributed by atoms with E-state index in [0.717, 1.165) is 23.0 Å². The van der Waals surface area contributed by atoms with Crippen LogP contribution in [0.4, 0.5) is 11.4 Å². The van der Waals surface area contributed by atoms with Crippen LogP contribution in [0, 0.1) is 5.92 Å². The molecule has 3 aromatic carbocycles. The molecule has 7 nitrogen and oxygen atoms in total. The minimum atomic E-state index is -4.04. The Morgan fingerprint density at radius 1 is 1.08 bits per heavy atom. The number of hydrogen-bond donors (Lipinski definition) is 1. The summed E-state index contributed by atoms with van der Waals surface area (Å²) in [6.45, 7) is 5.89. The van der Waals surface area contributed by atoms with Crippen LogP contribution in [0.5, 0.6) is 5.75 Å². The van der Waals surface area contributed by atoms with Gasteiger partial charge in [-0.1, -0.05) is 30.7 Å². The zero-order chi connectivity index (χ0) is 27.3. The van der Waals surface area contributed by atoms with E-state index in [-0.39, 0.29) is 17.5 Å². The fourth-order valence-electron chi connectivity index (χ4n) is 4.70. The fourth-order valence-corrected chi connectivity index (χ4v) is 6.24. The van der Waals surface area contributed by atoms with E-state index >= 15 is 0 Å². The molecule has 202 valence electrons. The highest BCUT2D eigenvalue weighted by Gasteiger charge is 2.28. The predicted molar refractivity (Wildman–Crippen MR) is 153 cm³/mol. The maximum Gasteiger partial charge on any atom is 0.264 e. The van der Waals surface area contributed by atoms with Crippen molar-refractivity contribution in [1.29, 1.82) is 0 Å². The van der Waals surface area contributed by atoms with Gasteiger partial charge in [0.2, 0.25) is 5.91 Å². The Morgan fingerprint density at radius 3 is 2.34 bits per heavy atom. The Balaban J connectivity index is 1.50. The summed E-state index contributed by atoms with van der Waals surface area (Å²) < 4.78 is 33.4. The number of carbonyl (C=O) groups excluding carboxylic acids is 1. The Hall–Kier alpha value is -3.23. The molecule has 0 spiro atoms. The second-order valence-corrected chi connectivity index (χ2v) is 12.0. The molecule has 9 heteroatoms. The first kappa shape index (κ1) is 27.8.